The van der Waals surface area contributed by atoms with E-state index in [0.717, 1.165) is 12.0 Å². The normalized spacial score (nSPS) is 18.8. The van der Waals surface area contributed by atoms with Gasteiger partial charge in [0.1, 0.15) is 0 Å². The van der Waals surface area contributed by atoms with Crippen molar-refractivity contribution >= 4 is 11.8 Å². The molecule has 4 heteroatoms. The number of carbonyl (C=O) groups is 2. The van der Waals surface area contributed by atoms with Crippen molar-refractivity contribution in [1.82, 2.24) is 10.2 Å². The molecule has 0 spiro atoms. The summed E-state index contributed by atoms with van der Waals surface area (Å²) in [7, 11) is 0. The Bertz CT molecular complexity index is 601. The molecule has 2 amide bonds. The fraction of sp³-hybridized carbons (Fsp3) is 0.474. The lowest BCUT2D eigenvalue weighted by Gasteiger charge is -2.20. The number of rotatable bonds is 7. The number of carbonyl (C=O) groups excluding carboxylic acids is 2. The summed E-state index contributed by atoms with van der Waals surface area (Å²) in [5.74, 6) is 3.17. The number of hydrogen-bond acceptors (Lipinski definition) is 2. The van der Waals surface area contributed by atoms with Gasteiger partial charge in [0.25, 0.3) is 0 Å². The summed E-state index contributed by atoms with van der Waals surface area (Å²) in [6, 6.07) is 8.04. The molecule has 2 rings (SSSR count). The minimum atomic E-state index is -0.0346. The van der Waals surface area contributed by atoms with E-state index in [9.17, 15) is 9.59 Å². The van der Waals surface area contributed by atoms with E-state index in [0.29, 0.717) is 19.0 Å². The molecule has 1 N–H and O–H groups in total. The highest BCUT2D eigenvalue weighted by Crippen LogP contribution is 2.37. The Labute approximate surface area is 138 Å². The number of terminal acetylenes is 1. The van der Waals surface area contributed by atoms with Crippen LogP contribution in [0.2, 0.25) is 0 Å². The van der Waals surface area contributed by atoms with Gasteiger partial charge in [0, 0.05) is 25.4 Å². The van der Waals surface area contributed by atoms with Crippen molar-refractivity contribution in [3.63, 3.8) is 0 Å². The number of aryl methyl sites for hydroxylation is 1. The van der Waals surface area contributed by atoms with Gasteiger partial charge in [-0.25, -0.2) is 0 Å². The molecule has 4 nitrogen and oxygen atoms in total. The number of nitrogens with one attached hydrogen (secondary N) is 1. The van der Waals surface area contributed by atoms with Gasteiger partial charge in [-0.05, 0) is 24.8 Å². The van der Waals surface area contributed by atoms with E-state index in [1.54, 1.807) is 4.90 Å². The summed E-state index contributed by atoms with van der Waals surface area (Å²) in [4.78, 5) is 25.7. The molecule has 2 atom stereocenters. The predicted octanol–water partition coefficient (Wildman–Crippen LogP) is 2.12. The first-order chi connectivity index (χ1) is 11.0. The van der Waals surface area contributed by atoms with Crippen LogP contribution in [-0.2, 0) is 16.1 Å². The lowest BCUT2D eigenvalue weighted by molar-refractivity contribution is -0.131. The molecule has 122 valence electrons. The van der Waals surface area contributed by atoms with Crippen LogP contribution in [-0.4, -0.2) is 29.8 Å². The first kappa shape index (κ1) is 17.1. The van der Waals surface area contributed by atoms with Crippen LogP contribution in [0.5, 0.6) is 0 Å². The van der Waals surface area contributed by atoms with Crippen molar-refractivity contribution in [2.75, 3.05) is 13.1 Å². The summed E-state index contributed by atoms with van der Waals surface area (Å²) >= 11 is 0. The minimum absolute atomic E-state index is 0.0346. The first-order valence-corrected chi connectivity index (χ1v) is 8.05. The second-order valence-electron chi connectivity index (χ2n) is 6.30. The molecule has 1 aromatic rings. The fourth-order valence-corrected chi connectivity index (χ4v) is 2.53. The SMILES string of the molecule is C#CCN(Cc1ccc(C)cc1)C(=O)CCNC(=O)[C@@H]1C[C@@H]1C. The van der Waals surface area contributed by atoms with Crippen molar-refractivity contribution in [1.29, 1.82) is 0 Å². The molecule has 0 saturated heterocycles. The third-order valence-corrected chi connectivity index (χ3v) is 4.21. The highest BCUT2D eigenvalue weighted by atomic mass is 16.2. The maximum Gasteiger partial charge on any atom is 0.225 e. The Morgan fingerprint density at radius 3 is 2.57 bits per heavy atom. The van der Waals surface area contributed by atoms with Crippen LogP contribution in [0.1, 0.15) is 30.9 Å². The van der Waals surface area contributed by atoms with E-state index >= 15 is 0 Å². The van der Waals surface area contributed by atoms with Gasteiger partial charge < -0.3 is 10.2 Å². The molecular formula is C19H24N2O2. The van der Waals surface area contributed by atoms with Crippen LogP contribution in [0, 0.1) is 31.1 Å². The maximum atomic E-state index is 12.3. The van der Waals surface area contributed by atoms with Crippen LogP contribution >= 0.6 is 0 Å². The van der Waals surface area contributed by atoms with Crippen LogP contribution in [0.25, 0.3) is 0 Å². The lowest BCUT2D eigenvalue weighted by atomic mass is 10.1. The third kappa shape index (κ3) is 5.14. The Hall–Kier alpha value is -2.28. The van der Waals surface area contributed by atoms with Crippen molar-refractivity contribution in [3.05, 3.63) is 35.4 Å². The van der Waals surface area contributed by atoms with E-state index in [-0.39, 0.29) is 30.7 Å². The fourth-order valence-electron chi connectivity index (χ4n) is 2.53. The van der Waals surface area contributed by atoms with E-state index in [2.05, 4.69) is 18.2 Å². The number of nitrogens with zero attached hydrogens (tertiary/aromatic N) is 1. The van der Waals surface area contributed by atoms with Crippen molar-refractivity contribution in [2.45, 2.75) is 33.2 Å². The molecule has 0 bridgehead atoms. The second-order valence-corrected chi connectivity index (χ2v) is 6.30. The lowest BCUT2D eigenvalue weighted by Crippen LogP contribution is -2.35. The third-order valence-electron chi connectivity index (χ3n) is 4.21. The van der Waals surface area contributed by atoms with Gasteiger partial charge in [0.2, 0.25) is 11.8 Å². The molecule has 1 saturated carbocycles. The number of benzene rings is 1. The second kappa shape index (κ2) is 7.82. The Morgan fingerprint density at radius 1 is 1.35 bits per heavy atom. The zero-order chi connectivity index (χ0) is 16.8. The van der Waals surface area contributed by atoms with E-state index in [4.69, 9.17) is 6.42 Å². The van der Waals surface area contributed by atoms with Crippen LogP contribution in [0.15, 0.2) is 24.3 Å². The highest BCUT2D eigenvalue weighted by Gasteiger charge is 2.38. The highest BCUT2D eigenvalue weighted by molar-refractivity contribution is 5.82. The molecule has 0 aromatic heterocycles. The van der Waals surface area contributed by atoms with Crippen LogP contribution in [0.3, 0.4) is 0 Å². The van der Waals surface area contributed by atoms with Crippen molar-refractivity contribution < 1.29 is 9.59 Å². The minimum Gasteiger partial charge on any atom is -0.355 e. The van der Waals surface area contributed by atoms with Crippen molar-refractivity contribution in [3.8, 4) is 12.3 Å². The standard InChI is InChI=1S/C19H24N2O2/c1-4-11-21(13-16-7-5-14(2)6-8-16)18(22)9-10-20-19(23)17-12-15(17)3/h1,5-8,15,17H,9-13H2,2-3H3,(H,20,23)/t15-,17+/m0/s1. The smallest absolute Gasteiger partial charge is 0.225 e. The number of hydrogen-bond donors (Lipinski definition) is 1. The first-order valence-electron chi connectivity index (χ1n) is 8.05. The molecule has 0 heterocycles. The number of amides is 2. The average molecular weight is 312 g/mol. The summed E-state index contributed by atoms with van der Waals surface area (Å²) in [6.07, 6.45) is 6.60. The molecule has 1 aliphatic carbocycles. The van der Waals surface area contributed by atoms with Gasteiger partial charge in [-0.2, -0.15) is 0 Å². The van der Waals surface area contributed by atoms with Gasteiger partial charge >= 0.3 is 0 Å². The summed E-state index contributed by atoms with van der Waals surface area (Å²) in [5.41, 5.74) is 2.23. The Balaban J connectivity index is 1.81. The van der Waals surface area contributed by atoms with Gasteiger partial charge in [-0.1, -0.05) is 42.7 Å². The van der Waals surface area contributed by atoms with Gasteiger partial charge in [-0.15, -0.1) is 6.42 Å². The largest absolute Gasteiger partial charge is 0.355 e. The summed E-state index contributed by atoms with van der Waals surface area (Å²) in [5, 5.41) is 2.84. The van der Waals surface area contributed by atoms with E-state index < -0.39 is 0 Å². The summed E-state index contributed by atoms with van der Waals surface area (Å²) in [6.45, 7) is 5.23. The molecule has 0 unspecified atom stereocenters. The molecular weight excluding hydrogens is 288 g/mol. The Morgan fingerprint density at radius 2 is 2.00 bits per heavy atom. The molecule has 1 aromatic carbocycles. The predicted molar refractivity (Wildman–Crippen MR) is 90.3 cm³/mol. The molecule has 1 fully saturated rings. The molecule has 0 aliphatic heterocycles. The van der Waals surface area contributed by atoms with Gasteiger partial charge in [0.15, 0.2) is 0 Å². The van der Waals surface area contributed by atoms with Crippen molar-refractivity contribution in [2.24, 2.45) is 11.8 Å². The van der Waals surface area contributed by atoms with Crippen LogP contribution < -0.4 is 5.32 Å². The van der Waals surface area contributed by atoms with Crippen LogP contribution in [0.4, 0.5) is 0 Å². The molecule has 23 heavy (non-hydrogen) atoms. The summed E-state index contributed by atoms with van der Waals surface area (Å²) < 4.78 is 0. The van der Waals surface area contributed by atoms with E-state index in [1.807, 2.05) is 31.2 Å². The Kier molecular flexibility index (Phi) is 5.81. The van der Waals surface area contributed by atoms with Gasteiger partial charge in [0.05, 0.1) is 6.54 Å². The average Bonchev–Trinajstić information content (AvgIpc) is 3.26. The van der Waals surface area contributed by atoms with E-state index in [1.165, 1.54) is 5.56 Å². The zero-order valence-electron chi connectivity index (χ0n) is 13.8. The maximum absolute atomic E-state index is 12.3. The molecule has 1 aliphatic rings. The van der Waals surface area contributed by atoms with Gasteiger partial charge in [-0.3, -0.25) is 9.59 Å². The quantitative estimate of drug-likeness (QED) is 0.784. The monoisotopic (exact) mass is 312 g/mol. The topological polar surface area (TPSA) is 49.4 Å². The zero-order valence-corrected chi connectivity index (χ0v) is 13.8. The molecule has 0 radical (unpaired) electrons.